The maximum atomic E-state index is 8.68. The normalized spacial score (nSPS) is 8.44. The van der Waals surface area contributed by atoms with Gasteiger partial charge in [0.25, 0.3) is 0 Å². The molecule has 0 spiro atoms. The van der Waals surface area contributed by atoms with Gasteiger partial charge >= 0.3 is 21.1 Å². The van der Waals surface area contributed by atoms with E-state index in [1.807, 2.05) is 5.38 Å². The lowest BCUT2D eigenvalue weighted by Gasteiger charge is -1.67. The topological polar surface area (TPSA) is 79.2 Å². The minimum Gasteiger partial charge on any atom is -0.396 e. The van der Waals surface area contributed by atoms with Crippen LogP contribution in [-0.2, 0) is 0 Å². The number of hydrogen-bond acceptors (Lipinski definition) is 5. The Morgan fingerprint density at radius 1 is 1.56 bits per heavy atom. The average Bonchev–Trinajstić information content (AvgIpc) is 2.11. The first-order chi connectivity index (χ1) is 4.23. The molecule has 0 aliphatic rings. The van der Waals surface area contributed by atoms with Crippen LogP contribution in [-0.4, -0.2) is 8.42 Å². The van der Waals surface area contributed by atoms with Gasteiger partial charge in [-0.25, -0.2) is 0 Å². The Labute approximate surface area is 64.8 Å². The van der Waals surface area contributed by atoms with Gasteiger partial charge in [-0.15, -0.1) is 11.3 Å². The average molecular weight is 261 g/mol. The zero-order chi connectivity index (χ0) is 7.11. The van der Waals surface area contributed by atoms with E-state index in [0.717, 1.165) is 0 Å². The standard InChI is InChI=1S/C3H3NS.HIO3/c1-2-5-3-4-1;2-1(3)4/h1-3H;2H. The molecule has 0 amide bonds. The van der Waals surface area contributed by atoms with E-state index in [-0.39, 0.29) is 0 Å². The Bertz CT molecular complexity index is 103. The molecule has 0 fully saturated rings. The molecule has 1 N–H and O–H groups in total. The van der Waals surface area contributed by atoms with Gasteiger partial charge in [-0.05, 0) is 3.44 Å². The summed E-state index contributed by atoms with van der Waals surface area (Å²) in [6.07, 6.45) is 1.77. The summed E-state index contributed by atoms with van der Waals surface area (Å²) in [6.45, 7) is 0. The molecule has 0 aliphatic carbocycles. The van der Waals surface area contributed by atoms with Gasteiger partial charge in [0.2, 0.25) is 0 Å². The van der Waals surface area contributed by atoms with Gasteiger partial charge in [-0.3, -0.25) is 4.98 Å². The van der Waals surface area contributed by atoms with Gasteiger partial charge in [0, 0.05) is 11.6 Å². The van der Waals surface area contributed by atoms with Gasteiger partial charge in [0.05, 0.1) is 5.51 Å². The molecule has 6 heteroatoms. The molecular formula is C3H4INO3S. The highest BCUT2D eigenvalue weighted by molar-refractivity contribution is 7.07. The van der Waals surface area contributed by atoms with Crippen molar-refractivity contribution in [2.24, 2.45) is 0 Å². The quantitative estimate of drug-likeness (QED) is 0.475. The second-order valence-corrected chi connectivity index (χ2v) is 2.78. The first-order valence-electron chi connectivity index (χ1n) is 1.80. The lowest BCUT2D eigenvalue weighted by Crippen LogP contribution is -3.98. The van der Waals surface area contributed by atoms with E-state index in [2.05, 4.69) is 4.98 Å². The summed E-state index contributed by atoms with van der Waals surface area (Å²) >= 11 is -2.16. The van der Waals surface area contributed by atoms with Crippen molar-refractivity contribution in [2.45, 2.75) is 0 Å². The van der Waals surface area contributed by atoms with Crippen molar-refractivity contribution in [3.05, 3.63) is 17.1 Å². The highest BCUT2D eigenvalue weighted by Crippen LogP contribution is 1.85. The van der Waals surface area contributed by atoms with Gasteiger partial charge in [-0.2, -0.15) is 0 Å². The maximum Gasteiger partial charge on any atom is 0.503 e. The maximum absolute atomic E-state index is 8.68. The van der Waals surface area contributed by atoms with Crippen LogP contribution in [0.15, 0.2) is 17.1 Å². The van der Waals surface area contributed by atoms with Crippen LogP contribution in [0.5, 0.6) is 0 Å². The third-order valence-corrected chi connectivity index (χ3v) is 0.869. The Morgan fingerprint density at radius 2 is 2.11 bits per heavy atom. The fraction of sp³-hybridized carbons (Fsp3) is 0. The molecule has 0 atom stereocenters. The molecule has 9 heavy (non-hydrogen) atoms. The second kappa shape index (κ2) is 6.36. The van der Waals surface area contributed by atoms with Gasteiger partial charge in [0.15, 0.2) is 0 Å². The Kier molecular flexibility index (Phi) is 6.53. The summed E-state index contributed by atoms with van der Waals surface area (Å²) in [5.74, 6) is 0. The molecule has 0 bridgehead atoms. The molecule has 52 valence electrons. The van der Waals surface area contributed by atoms with Crippen LogP contribution in [0.25, 0.3) is 0 Å². The van der Waals surface area contributed by atoms with Crippen LogP contribution < -0.4 is 27.9 Å². The minimum atomic E-state index is -3.76. The molecule has 4 nitrogen and oxygen atoms in total. The summed E-state index contributed by atoms with van der Waals surface area (Å²) in [7, 11) is 0. The molecule has 1 rings (SSSR count). The summed E-state index contributed by atoms with van der Waals surface area (Å²) in [5.41, 5.74) is 1.79. The highest BCUT2D eigenvalue weighted by atomic mass is 127. The monoisotopic (exact) mass is 261 g/mol. The van der Waals surface area contributed by atoms with Crippen molar-refractivity contribution in [1.82, 2.24) is 4.98 Å². The van der Waals surface area contributed by atoms with Crippen LogP contribution in [0.1, 0.15) is 0 Å². The van der Waals surface area contributed by atoms with E-state index in [4.69, 9.17) is 10.3 Å². The molecule has 0 aromatic carbocycles. The van der Waals surface area contributed by atoms with E-state index in [0.29, 0.717) is 0 Å². The van der Waals surface area contributed by atoms with Gasteiger partial charge in [-0.1, -0.05) is 0 Å². The summed E-state index contributed by atoms with van der Waals surface area (Å²) in [5, 5.41) is 1.93. The molecular weight excluding hydrogens is 257 g/mol. The third-order valence-electron chi connectivity index (χ3n) is 0.347. The van der Waals surface area contributed by atoms with E-state index >= 15 is 0 Å². The summed E-state index contributed by atoms with van der Waals surface area (Å²) in [4.78, 5) is 3.74. The van der Waals surface area contributed by atoms with Gasteiger partial charge in [0.1, 0.15) is 0 Å². The van der Waals surface area contributed by atoms with Crippen LogP contribution in [0.3, 0.4) is 0 Å². The van der Waals surface area contributed by atoms with Crippen molar-refractivity contribution >= 4 is 11.3 Å². The fourth-order valence-corrected chi connectivity index (χ4v) is 0.527. The van der Waals surface area contributed by atoms with E-state index in [1.165, 1.54) is 0 Å². The number of hydrogen-bond donors (Lipinski definition) is 1. The van der Waals surface area contributed by atoms with Crippen LogP contribution in [0.2, 0.25) is 0 Å². The second-order valence-electron chi connectivity index (χ2n) is 0.877. The van der Waals surface area contributed by atoms with E-state index < -0.39 is 21.1 Å². The molecule has 1 aromatic heterocycles. The van der Waals surface area contributed by atoms with E-state index in [9.17, 15) is 0 Å². The number of rotatable bonds is 0. The number of halogens is 1. The zero-order valence-electron chi connectivity index (χ0n) is 4.23. The molecule has 1 aromatic rings. The lowest BCUT2D eigenvalue weighted by atomic mass is 11.0. The zero-order valence-corrected chi connectivity index (χ0v) is 7.20. The minimum absolute atomic E-state index is 1.60. The molecule has 0 unspecified atom stereocenters. The molecule has 1 heterocycles. The largest absolute Gasteiger partial charge is 0.503 e. The Morgan fingerprint density at radius 3 is 2.22 bits per heavy atom. The summed E-state index contributed by atoms with van der Waals surface area (Å²) < 4.78 is 24.5. The van der Waals surface area contributed by atoms with Crippen molar-refractivity contribution in [1.29, 1.82) is 0 Å². The van der Waals surface area contributed by atoms with Crippen molar-refractivity contribution in [3.8, 4) is 0 Å². The first kappa shape index (κ1) is 9.24. The SMILES string of the molecule is [O-][I+2]([O-])O.c1cscn1. The van der Waals surface area contributed by atoms with Gasteiger partial charge < -0.3 is 6.87 Å². The smallest absolute Gasteiger partial charge is 0.396 e. The van der Waals surface area contributed by atoms with E-state index in [1.54, 1.807) is 23.0 Å². The number of thiazole rings is 1. The molecule has 0 aliphatic heterocycles. The van der Waals surface area contributed by atoms with Crippen LogP contribution >= 0.6 is 11.3 Å². The van der Waals surface area contributed by atoms with Crippen molar-refractivity contribution in [2.75, 3.05) is 0 Å². The molecule has 0 saturated heterocycles. The van der Waals surface area contributed by atoms with Crippen LogP contribution in [0, 0.1) is 0 Å². The highest BCUT2D eigenvalue weighted by Gasteiger charge is 1.89. The van der Waals surface area contributed by atoms with Crippen molar-refractivity contribution in [3.63, 3.8) is 0 Å². The fourth-order valence-electron chi connectivity index (χ4n) is 0.176. The lowest BCUT2D eigenvalue weighted by molar-refractivity contribution is -1.63. The molecule has 0 radical (unpaired) electrons. The molecule has 0 saturated carbocycles. The van der Waals surface area contributed by atoms with Crippen molar-refractivity contribution < 1.29 is 31.4 Å². The summed E-state index contributed by atoms with van der Waals surface area (Å²) in [6, 6.07) is 0. The third kappa shape index (κ3) is 11.7. The number of aromatic nitrogens is 1. The Balaban J connectivity index is 0.000000148. The Hall–Kier alpha value is 0.240. The van der Waals surface area contributed by atoms with Crippen LogP contribution in [0.4, 0.5) is 0 Å². The predicted molar refractivity (Wildman–Crippen MR) is 24.3 cm³/mol. The number of nitrogens with zero attached hydrogens (tertiary/aromatic N) is 1. The first-order valence-corrected chi connectivity index (χ1v) is 5.47. The predicted octanol–water partition coefficient (Wildman–Crippen LogP) is -4.79.